The van der Waals surface area contributed by atoms with Crippen LogP contribution in [-0.4, -0.2) is 53.2 Å². The molecule has 3 heterocycles. The molecular weight excluding hydrogens is 570 g/mol. The number of aromatic amines is 1. The first-order chi connectivity index (χ1) is 10.7. The quantitative estimate of drug-likeness (QED) is 0.196. The van der Waals surface area contributed by atoms with Crippen LogP contribution in [0.25, 0.3) is 11.2 Å². The molecule has 27 heavy (non-hydrogen) atoms. The summed E-state index contributed by atoms with van der Waals surface area (Å²) in [5.41, 5.74) is 5.23. The van der Waals surface area contributed by atoms with E-state index in [1.54, 1.807) is 0 Å². The zero-order valence-corrected chi connectivity index (χ0v) is 17.2. The molecule has 0 aliphatic carbocycles. The minimum Gasteiger partial charge on any atom is -0.390 e. The van der Waals surface area contributed by atoms with Crippen molar-refractivity contribution in [2.75, 3.05) is 12.3 Å². The monoisotopic (exact) mass is 593 g/mol. The molecule has 2 aromatic heterocycles. The summed E-state index contributed by atoms with van der Waals surface area (Å²) in [6.07, 6.45) is -1.26. The van der Waals surface area contributed by atoms with Crippen molar-refractivity contribution in [3.05, 3.63) is 16.7 Å². The zero-order valence-electron chi connectivity index (χ0n) is 14.0. The maximum Gasteiger partial charge on any atom is 0.469 e. The Morgan fingerprint density at radius 3 is 2.63 bits per heavy atom. The van der Waals surface area contributed by atoms with Crippen LogP contribution in [0.15, 0.2) is 11.1 Å². The fraction of sp³-hybridized carbons (Fsp3) is 0.500. The van der Waals surface area contributed by atoms with Crippen LogP contribution in [0.1, 0.15) is 12.6 Å². The third-order valence-electron chi connectivity index (χ3n) is 3.37. The van der Waals surface area contributed by atoms with Crippen LogP contribution in [0, 0.1) is 0 Å². The van der Waals surface area contributed by atoms with Crippen LogP contribution in [0.5, 0.6) is 0 Å². The van der Waals surface area contributed by atoms with Crippen molar-refractivity contribution in [3.63, 3.8) is 0 Å². The molecule has 0 saturated carbocycles. The summed E-state index contributed by atoms with van der Waals surface area (Å²) in [4.78, 5) is 39.3. The first-order valence-electron chi connectivity index (χ1n) is 6.50. The molecule has 0 amide bonds. The number of ether oxygens (including phenoxy) is 1. The first kappa shape index (κ1) is 28.0. The van der Waals surface area contributed by atoms with Crippen molar-refractivity contribution < 1.29 is 49.8 Å². The molecule has 0 bridgehead atoms. The molecule has 1 fully saturated rings. The summed E-state index contributed by atoms with van der Waals surface area (Å²) in [6, 6.07) is 0. The van der Waals surface area contributed by atoms with Crippen LogP contribution < -0.4 is 29.7 Å². The fourth-order valence-corrected chi connectivity index (χ4v) is 2.70. The molecule has 0 radical (unpaired) electrons. The number of imidazole rings is 1. The molecule has 1 aliphatic rings. The number of fused-ring (bicyclic) bond motifs is 1. The Morgan fingerprint density at radius 2 is 2.04 bits per heavy atom. The summed E-state index contributed by atoms with van der Waals surface area (Å²) in [5, 5.41) is 9.93. The minimum atomic E-state index is -4.66. The second kappa shape index (κ2) is 10.3. The molecule has 2 aromatic rings. The number of H-pyrrole nitrogens is 1. The van der Waals surface area contributed by atoms with Gasteiger partial charge in [-0.05, 0) is 0 Å². The molecule has 3 atom stereocenters. The predicted molar refractivity (Wildman–Crippen MR) is 90.2 cm³/mol. The van der Waals surface area contributed by atoms with Gasteiger partial charge in [0.2, 0.25) is 5.95 Å². The van der Waals surface area contributed by atoms with Gasteiger partial charge in [0.05, 0.1) is 19.0 Å². The molecule has 1 saturated heterocycles. The van der Waals surface area contributed by atoms with Gasteiger partial charge in [-0.3, -0.25) is 18.9 Å². The number of nitrogen functional groups attached to an aromatic ring is 1. The summed E-state index contributed by atoms with van der Waals surface area (Å²) in [6.45, 7) is -0.481. The summed E-state index contributed by atoms with van der Waals surface area (Å²) < 4.78 is 22.0. The van der Waals surface area contributed by atoms with Gasteiger partial charge in [0.1, 0.15) is 12.3 Å². The second-order valence-electron chi connectivity index (χ2n) is 4.99. The maximum atomic E-state index is 11.7. The number of phosphoric acid groups is 1. The number of rotatable bonds is 4. The number of nitrogens with zero attached hydrogens (tertiary/aromatic N) is 3. The fourth-order valence-electron chi connectivity index (χ4n) is 2.36. The first-order valence-corrected chi connectivity index (χ1v) is 8.03. The van der Waals surface area contributed by atoms with E-state index in [-0.39, 0.29) is 63.0 Å². The number of nitrogens with one attached hydrogen (secondary N) is 1. The van der Waals surface area contributed by atoms with Gasteiger partial charge in [-0.1, -0.05) is 0 Å². The Morgan fingerprint density at radius 1 is 1.41 bits per heavy atom. The number of aromatic nitrogens is 4. The number of aliphatic hydroxyl groups is 1. The average Bonchev–Trinajstić information content (AvgIpc) is 2.99. The molecular formula is C10H23N8O7PPt. The van der Waals surface area contributed by atoms with Crippen molar-refractivity contribution in [2.45, 2.75) is 24.9 Å². The van der Waals surface area contributed by atoms with Gasteiger partial charge in [0.25, 0.3) is 5.56 Å². The average molecular weight is 593 g/mol. The minimum absolute atomic E-state index is 0. The molecule has 15 N–H and O–H groups in total. The van der Waals surface area contributed by atoms with Gasteiger partial charge in [0, 0.05) is 27.5 Å². The molecule has 1 aliphatic heterocycles. The molecule has 17 heteroatoms. The number of phosphoric ester groups is 1. The molecule has 160 valence electrons. The van der Waals surface area contributed by atoms with Gasteiger partial charge >= 0.3 is 7.82 Å². The van der Waals surface area contributed by atoms with Crippen molar-refractivity contribution in [1.82, 2.24) is 38.0 Å². The molecule has 3 rings (SSSR count). The van der Waals surface area contributed by atoms with Crippen LogP contribution in [0.3, 0.4) is 0 Å². The number of hydrogen-bond donors (Lipinski definition) is 8. The third-order valence-corrected chi connectivity index (χ3v) is 3.86. The van der Waals surface area contributed by atoms with E-state index < -0.39 is 38.4 Å². The Labute approximate surface area is 166 Å². The smallest absolute Gasteiger partial charge is 0.390 e. The van der Waals surface area contributed by atoms with E-state index in [9.17, 15) is 14.5 Å². The second-order valence-corrected chi connectivity index (χ2v) is 6.23. The van der Waals surface area contributed by atoms with Crippen molar-refractivity contribution in [3.8, 4) is 0 Å². The van der Waals surface area contributed by atoms with E-state index >= 15 is 0 Å². The largest absolute Gasteiger partial charge is 0.469 e. The van der Waals surface area contributed by atoms with Crippen LogP contribution in [-0.2, 0) is 34.9 Å². The molecule has 0 spiro atoms. The topological polar surface area (TPSA) is 291 Å². The number of aliphatic hydroxyl groups excluding tert-OH is 1. The summed E-state index contributed by atoms with van der Waals surface area (Å²) in [7, 11) is -4.66. The summed E-state index contributed by atoms with van der Waals surface area (Å²) >= 11 is 0. The van der Waals surface area contributed by atoms with E-state index in [0.29, 0.717) is 0 Å². The van der Waals surface area contributed by atoms with Crippen LogP contribution in [0.2, 0.25) is 0 Å². The van der Waals surface area contributed by atoms with E-state index in [0.717, 1.165) is 0 Å². The zero-order chi connectivity index (χ0) is 16.8. The van der Waals surface area contributed by atoms with Crippen LogP contribution >= 0.6 is 7.82 Å². The van der Waals surface area contributed by atoms with Crippen molar-refractivity contribution in [1.29, 1.82) is 0 Å². The number of anilines is 1. The van der Waals surface area contributed by atoms with Crippen molar-refractivity contribution in [2.24, 2.45) is 0 Å². The SMILES string of the molecule is N.N.N.Nc1nc2c(ncn2[C@H]2C[C@H](O)[C@@H](COP(=O)(O)O)O2)c(=O)[nH]1.[Pt]. The van der Waals surface area contributed by atoms with Gasteiger partial charge in [0.15, 0.2) is 11.2 Å². The van der Waals surface area contributed by atoms with E-state index in [1.807, 2.05) is 0 Å². The van der Waals surface area contributed by atoms with Crippen LogP contribution in [0.4, 0.5) is 5.95 Å². The van der Waals surface area contributed by atoms with Gasteiger partial charge in [-0.2, -0.15) is 4.98 Å². The van der Waals surface area contributed by atoms with E-state index in [2.05, 4.69) is 19.5 Å². The number of nitrogens with two attached hydrogens (primary N) is 1. The Balaban J connectivity index is 0. The Bertz CT molecular complexity index is 841. The van der Waals surface area contributed by atoms with E-state index in [1.165, 1.54) is 10.9 Å². The Hall–Kier alpha value is -1.25. The van der Waals surface area contributed by atoms with Crippen molar-refractivity contribution >= 4 is 24.9 Å². The van der Waals surface area contributed by atoms with Gasteiger partial charge in [-0.15, -0.1) is 0 Å². The van der Waals surface area contributed by atoms with Gasteiger partial charge in [-0.25, -0.2) is 9.55 Å². The number of hydrogen-bond acceptors (Lipinski definition) is 11. The molecule has 0 aromatic carbocycles. The normalized spacial score (nSPS) is 21.5. The molecule has 0 unspecified atom stereocenters. The predicted octanol–water partition coefficient (Wildman–Crippen LogP) is -1.06. The Kier molecular flexibility index (Phi) is 10.7. The molecule has 15 nitrogen and oxygen atoms in total. The van der Waals surface area contributed by atoms with E-state index in [4.69, 9.17) is 20.3 Å². The third kappa shape index (κ3) is 6.12. The maximum absolute atomic E-state index is 11.7. The summed E-state index contributed by atoms with van der Waals surface area (Å²) in [5.74, 6) is -0.0934. The standard InChI is InChI=1S/C10H14N5O7P.3H3N.Pt/c11-10-13-8-7(9(17)14-10)12-3-15(8)6-1-4(16)5(22-6)2-21-23(18,19)20;;;;/h3-6,16H,1-2H2,(H2,18,19,20)(H3,11,13,14,17);3*1H3;/t4-,5+,6+;;;;/m0..../s1. The van der Waals surface area contributed by atoms with Gasteiger partial charge < -0.3 is 43.8 Å².